The molecule has 0 saturated heterocycles. The van der Waals surface area contributed by atoms with Crippen molar-refractivity contribution in [2.24, 2.45) is 0 Å². The number of hydrogen-bond acceptors (Lipinski definition) is 12. The Morgan fingerprint density at radius 3 is 0.348 bits per heavy atom. The molecule has 144 valence electrons. The zero-order valence-corrected chi connectivity index (χ0v) is 13.8. The fourth-order valence-corrected chi connectivity index (χ4v) is 0. The van der Waals surface area contributed by atoms with Gasteiger partial charge in [-0.25, -0.2) is 0 Å². The van der Waals surface area contributed by atoms with E-state index in [0.717, 1.165) is 0 Å². The van der Waals surface area contributed by atoms with Gasteiger partial charge in [-0.05, 0) is 0 Å². The van der Waals surface area contributed by atoms with Crippen LogP contribution in [-0.2, 0) is 25.8 Å². The van der Waals surface area contributed by atoms with Crippen LogP contribution in [0, 0.1) is 61.3 Å². The predicted molar refractivity (Wildman–Crippen MR) is 63.1 cm³/mol. The molecular formula is H12HfN4O18. The van der Waals surface area contributed by atoms with Crippen molar-refractivity contribution in [3.63, 3.8) is 0 Å². The second-order valence-electron chi connectivity index (χ2n) is 0.894. The third-order valence-electron chi connectivity index (χ3n) is 0. The summed E-state index contributed by atoms with van der Waals surface area (Å²) in [5, 5.41) is 59.0. The van der Waals surface area contributed by atoms with Gasteiger partial charge in [0.1, 0.15) is 0 Å². The van der Waals surface area contributed by atoms with E-state index in [2.05, 4.69) is 0 Å². The molecule has 23 heteroatoms. The Labute approximate surface area is 141 Å². The van der Waals surface area contributed by atoms with E-state index in [9.17, 15) is 0 Å². The molecule has 0 heterocycles. The third kappa shape index (κ3) is 894. The SMILES string of the molecule is O.O.O.O.O.O.O=[N+]([O-])[O-].O=[N+]([O-])[O-].O=[N+]([O-])[O-].O=[N+]([O-])[O-].[Hf+4]. The Bertz CT molecular complexity index is 161. The van der Waals surface area contributed by atoms with Crippen molar-refractivity contribution in [2.45, 2.75) is 0 Å². The van der Waals surface area contributed by atoms with Crippen molar-refractivity contribution in [2.75, 3.05) is 0 Å². The van der Waals surface area contributed by atoms with Crippen LogP contribution < -0.4 is 0 Å². The minimum atomic E-state index is -1.75. The molecular weight excluding hydrogens is 523 g/mol. The second-order valence-corrected chi connectivity index (χ2v) is 0.894. The summed E-state index contributed by atoms with van der Waals surface area (Å²) >= 11 is 0. The van der Waals surface area contributed by atoms with Gasteiger partial charge in [-0.15, -0.1) is 0 Å². The molecule has 0 fully saturated rings. The van der Waals surface area contributed by atoms with E-state index in [1.165, 1.54) is 0 Å². The molecule has 12 N–H and O–H groups in total. The fraction of sp³-hybridized carbons (Fsp3) is 0. The Morgan fingerprint density at radius 1 is 0.348 bits per heavy atom. The van der Waals surface area contributed by atoms with Crippen LogP contribution in [0.1, 0.15) is 0 Å². The number of hydrogen-bond donors (Lipinski definition) is 0. The Kier molecular flexibility index (Phi) is 280. The van der Waals surface area contributed by atoms with Crippen LogP contribution in [0.25, 0.3) is 0 Å². The molecule has 22 nitrogen and oxygen atoms in total. The minimum absolute atomic E-state index is 0. The van der Waals surface area contributed by atoms with Gasteiger partial charge in [-0.2, -0.15) is 0 Å². The maximum absolute atomic E-state index is 8.25. The van der Waals surface area contributed by atoms with Crippen LogP contribution in [-0.4, -0.2) is 53.2 Å². The van der Waals surface area contributed by atoms with Crippen LogP contribution >= 0.6 is 0 Å². The molecule has 0 bridgehead atoms. The van der Waals surface area contributed by atoms with Crippen LogP contribution in [0.15, 0.2) is 0 Å². The molecule has 0 rings (SSSR count). The molecule has 0 amide bonds. The van der Waals surface area contributed by atoms with Crippen molar-refractivity contribution < 1.29 is 79.0 Å². The van der Waals surface area contributed by atoms with E-state index in [4.69, 9.17) is 61.3 Å². The van der Waals surface area contributed by atoms with Gasteiger partial charge in [0.2, 0.25) is 0 Å². The van der Waals surface area contributed by atoms with Gasteiger partial charge < -0.3 is 94.1 Å². The van der Waals surface area contributed by atoms with Crippen LogP contribution in [0.4, 0.5) is 0 Å². The maximum atomic E-state index is 8.25. The van der Waals surface area contributed by atoms with E-state index in [1.807, 2.05) is 0 Å². The molecule has 0 radical (unpaired) electrons. The van der Waals surface area contributed by atoms with E-state index in [0.29, 0.717) is 0 Å². The Hall–Kier alpha value is -2.57. The molecule has 0 aromatic rings. The molecule has 0 saturated carbocycles. The normalized spacial score (nSPS) is 4.17. The monoisotopic (exact) mass is 536 g/mol. The number of nitrogens with zero attached hydrogens (tertiary/aromatic N) is 4. The summed E-state index contributed by atoms with van der Waals surface area (Å²) in [5.74, 6) is 0. The summed E-state index contributed by atoms with van der Waals surface area (Å²) in [4.78, 5) is 33.0. The second kappa shape index (κ2) is 74.2. The molecule has 0 aromatic heterocycles. The quantitative estimate of drug-likeness (QED) is 0.159. The van der Waals surface area contributed by atoms with Gasteiger partial charge in [0.05, 0.1) is 20.3 Å². The maximum Gasteiger partial charge on any atom is 4.00 e. The third-order valence-corrected chi connectivity index (χ3v) is 0. The fourth-order valence-electron chi connectivity index (χ4n) is 0. The topological polar surface area (TPSA) is 454 Å². The molecule has 0 unspecified atom stereocenters. The van der Waals surface area contributed by atoms with Gasteiger partial charge in [-0.3, -0.25) is 0 Å². The van der Waals surface area contributed by atoms with Crippen molar-refractivity contribution in [1.82, 2.24) is 0 Å². The molecule has 0 aliphatic rings. The summed E-state index contributed by atoms with van der Waals surface area (Å²) in [6.07, 6.45) is 0. The Morgan fingerprint density at radius 2 is 0.348 bits per heavy atom. The average Bonchev–Trinajstić information content (AvgIpc) is 1.76. The smallest absolute Gasteiger partial charge is 0.412 e. The largest absolute Gasteiger partial charge is 4.00 e. The van der Waals surface area contributed by atoms with E-state index < -0.39 is 20.3 Å². The van der Waals surface area contributed by atoms with Gasteiger partial charge >= 0.3 is 25.8 Å². The number of rotatable bonds is 0. The molecule has 0 atom stereocenters. The average molecular weight is 535 g/mol. The minimum Gasteiger partial charge on any atom is -0.412 e. The van der Waals surface area contributed by atoms with Gasteiger partial charge in [0, 0.05) is 0 Å². The zero-order chi connectivity index (χ0) is 14.3. The first kappa shape index (κ1) is 86.7. The molecule has 0 aromatic carbocycles. The van der Waals surface area contributed by atoms with Gasteiger partial charge in [-0.1, -0.05) is 0 Å². The molecule has 23 heavy (non-hydrogen) atoms. The van der Waals surface area contributed by atoms with Crippen molar-refractivity contribution in [1.29, 1.82) is 0 Å². The van der Waals surface area contributed by atoms with E-state index >= 15 is 0 Å². The summed E-state index contributed by atoms with van der Waals surface area (Å²) in [6, 6.07) is 0. The van der Waals surface area contributed by atoms with E-state index in [1.54, 1.807) is 0 Å². The summed E-state index contributed by atoms with van der Waals surface area (Å²) in [7, 11) is 0. The van der Waals surface area contributed by atoms with Crippen LogP contribution in [0.2, 0.25) is 0 Å². The van der Waals surface area contributed by atoms with Crippen LogP contribution in [0.3, 0.4) is 0 Å². The first-order valence-corrected chi connectivity index (χ1v) is 2.19. The summed E-state index contributed by atoms with van der Waals surface area (Å²) in [5.41, 5.74) is 0. The summed E-state index contributed by atoms with van der Waals surface area (Å²) < 4.78 is 0. The first-order chi connectivity index (χ1) is 6.93. The first-order valence-electron chi connectivity index (χ1n) is 2.19. The molecule has 0 aliphatic heterocycles. The standard InChI is InChI=1S/Hf.4NO3.6H2O/c;4*2-1(3)4;;;;;;/h;;;;;6*1H2/q+4;4*-1;;;;;;. The van der Waals surface area contributed by atoms with E-state index in [-0.39, 0.29) is 58.7 Å². The summed E-state index contributed by atoms with van der Waals surface area (Å²) in [6.45, 7) is 0. The zero-order valence-electron chi connectivity index (χ0n) is 10.2. The van der Waals surface area contributed by atoms with Crippen molar-refractivity contribution in [3.8, 4) is 0 Å². The molecule has 0 spiro atoms. The van der Waals surface area contributed by atoms with Crippen molar-refractivity contribution in [3.05, 3.63) is 61.3 Å². The van der Waals surface area contributed by atoms with Gasteiger partial charge in [0.15, 0.2) is 0 Å². The van der Waals surface area contributed by atoms with Crippen molar-refractivity contribution >= 4 is 0 Å². The van der Waals surface area contributed by atoms with Crippen LogP contribution in [0.5, 0.6) is 0 Å². The predicted octanol–water partition coefficient (Wildman–Crippen LogP) is -5.91. The molecule has 0 aliphatic carbocycles. The van der Waals surface area contributed by atoms with Gasteiger partial charge in [0.25, 0.3) is 0 Å². The Balaban J connectivity index is -0.00000000842.